The first-order chi connectivity index (χ1) is 11.5. The van der Waals surface area contributed by atoms with Gasteiger partial charge in [0.1, 0.15) is 0 Å². The van der Waals surface area contributed by atoms with Crippen LogP contribution in [0, 0.1) is 23.2 Å². The molecule has 0 aromatic heterocycles. The summed E-state index contributed by atoms with van der Waals surface area (Å²) in [7, 11) is 0. The molecule has 1 aliphatic carbocycles. The van der Waals surface area contributed by atoms with Gasteiger partial charge in [0.05, 0.1) is 0 Å². The molecule has 1 saturated carbocycles. The second-order valence-corrected chi connectivity index (χ2v) is 9.33. The van der Waals surface area contributed by atoms with Crippen LogP contribution in [0.2, 0.25) is 0 Å². The SMILES string of the molecule is CC(=O)N1CCC2(CCC(CN3CCC(C(C)C)CC3)CC2)CC1. The van der Waals surface area contributed by atoms with Gasteiger partial charge in [-0.1, -0.05) is 13.8 Å². The lowest BCUT2D eigenvalue weighted by Crippen LogP contribution is -2.45. The van der Waals surface area contributed by atoms with E-state index >= 15 is 0 Å². The summed E-state index contributed by atoms with van der Waals surface area (Å²) in [5.74, 6) is 3.02. The Bertz CT molecular complexity index is 408. The Kier molecular flexibility index (Phi) is 5.89. The smallest absolute Gasteiger partial charge is 0.219 e. The minimum atomic E-state index is 0.267. The third-order valence-corrected chi connectivity index (χ3v) is 7.53. The molecule has 0 aromatic rings. The van der Waals surface area contributed by atoms with Crippen LogP contribution in [0.25, 0.3) is 0 Å². The lowest BCUT2D eigenvalue weighted by molar-refractivity contribution is -0.131. The summed E-state index contributed by atoms with van der Waals surface area (Å²) in [6, 6.07) is 0. The molecule has 24 heavy (non-hydrogen) atoms. The molecule has 0 aromatic carbocycles. The predicted octanol–water partition coefficient (Wildman–Crippen LogP) is 4.17. The second-order valence-electron chi connectivity index (χ2n) is 9.33. The summed E-state index contributed by atoms with van der Waals surface area (Å²) < 4.78 is 0. The average molecular weight is 335 g/mol. The van der Waals surface area contributed by atoms with Gasteiger partial charge in [0.25, 0.3) is 0 Å². The first kappa shape index (κ1) is 18.2. The van der Waals surface area contributed by atoms with E-state index in [1.165, 1.54) is 71.0 Å². The highest BCUT2D eigenvalue weighted by atomic mass is 16.2. The predicted molar refractivity (Wildman–Crippen MR) is 99.9 cm³/mol. The van der Waals surface area contributed by atoms with Crippen LogP contribution in [-0.4, -0.2) is 48.4 Å². The van der Waals surface area contributed by atoms with E-state index in [1.54, 1.807) is 6.92 Å². The first-order valence-electron chi connectivity index (χ1n) is 10.5. The number of nitrogens with zero attached hydrogens (tertiary/aromatic N) is 2. The van der Waals surface area contributed by atoms with Crippen LogP contribution in [0.3, 0.4) is 0 Å². The Balaban J connectivity index is 1.39. The molecule has 138 valence electrons. The number of carbonyl (C=O) groups excluding carboxylic acids is 1. The summed E-state index contributed by atoms with van der Waals surface area (Å²) in [5.41, 5.74) is 0.576. The second kappa shape index (κ2) is 7.76. The molecule has 3 fully saturated rings. The lowest BCUT2D eigenvalue weighted by Gasteiger charge is -2.46. The molecule has 0 atom stereocenters. The zero-order chi connectivity index (χ0) is 17.2. The van der Waals surface area contributed by atoms with Crippen molar-refractivity contribution in [3.63, 3.8) is 0 Å². The molecule has 0 unspecified atom stereocenters. The van der Waals surface area contributed by atoms with Crippen molar-refractivity contribution in [2.24, 2.45) is 23.2 Å². The van der Waals surface area contributed by atoms with Gasteiger partial charge < -0.3 is 9.80 Å². The topological polar surface area (TPSA) is 23.6 Å². The zero-order valence-electron chi connectivity index (χ0n) is 16.2. The van der Waals surface area contributed by atoms with E-state index < -0.39 is 0 Å². The first-order valence-corrected chi connectivity index (χ1v) is 10.5. The highest BCUT2D eigenvalue weighted by Gasteiger charge is 2.38. The van der Waals surface area contributed by atoms with E-state index in [-0.39, 0.29) is 5.91 Å². The Hall–Kier alpha value is -0.570. The molecule has 0 bridgehead atoms. The summed E-state index contributed by atoms with van der Waals surface area (Å²) in [6.45, 7) is 12.5. The van der Waals surface area contributed by atoms with Gasteiger partial charge in [0, 0.05) is 26.6 Å². The fraction of sp³-hybridized carbons (Fsp3) is 0.952. The van der Waals surface area contributed by atoms with E-state index in [0.29, 0.717) is 5.41 Å². The number of hydrogen-bond donors (Lipinski definition) is 0. The summed E-state index contributed by atoms with van der Waals surface area (Å²) in [5, 5.41) is 0. The van der Waals surface area contributed by atoms with Crippen molar-refractivity contribution in [2.45, 2.75) is 72.1 Å². The number of carbonyl (C=O) groups is 1. The number of likely N-dealkylation sites (tertiary alicyclic amines) is 2. The van der Waals surface area contributed by atoms with Crippen molar-refractivity contribution < 1.29 is 4.79 Å². The third kappa shape index (κ3) is 4.33. The summed E-state index contributed by atoms with van der Waals surface area (Å²) >= 11 is 0. The van der Waals surface area contributed by atoms with Crippen LogP contribution >= 0.6 is 0 Å². The van der Waals surface area contributed by atoms with Gasteiger partial charge in [-0.05, 0) is 87.6 Å². The lowest BCUT2D eigenvalue weighted by atomic mass is 9.65. The average Bonchev–Trinajstić information content (AvgIpc) is 2.58. The Morgan fingerprint density at radius 1 is 0.958 bits per heavy atom. The molecule has 2 aliphatic heterocycles. The molecular formula is C21H38N2O. The number of hydrogen-bond acceptors (Lipinski definition) is 2. The minimum Gasteiger partial charge on any atom is -0.343 e. The molecule has 3 nitrogen and oxygen atoms in total. The molecule has 0 radical (unpaired) electrons. The number of rotatable bonds is 3. The van der Waals surface area contributed by atoms with Gasteiger partial charge >= 0.3 is 0 Å². The van der Waals surface area contributed by atoms with Crippen LogP contribution < -0.4 is 0 Å². The molecular weight excluding hydrogens is 296 g/mol. The molecule has 1 spiro atoms. The van der Waals surface area contributed by atoms with Crippen LogP contribution in [0.5, 0.6) is 0 Å². The third-order valence-electron chi connectivity index (χ3n) is 7.53. The van der Waals surface area contributed by atoms with Crippen molar-refractivity contribution in [3.8, 4) is 0 Å². The van der Waals surface area contributed by atoms with E-state index in [9.17, 15) is 4.79 Å². The maximum atomic E-state index is 11.5. The Labute approximate surface area is 149 Å². The quantitative estimate of drug-likeness (QED) is 0.773. The van der Waals surface area contributed by atoms with Crippen molar-refractivity contribution in [2.75, 3.05) is 32.7 Å². The monoisotopic (exact) mass is 334 g/mol. The molecule has 2 saturated heterocycles. The van der Waals surface area contributed by atoms with Crippen molar-refractivity contribution >= 4 is 5.91 Å². The van der Waals surface area contributed by atoms with Gasteiger partial charge in [0.2, 0.25) is 5.91 Å². The van der Waals surface area contributed by atoms with Crippen molar-refractivity contribution in [1.82, 2.24) is 9.80 Å². The van der Waals surface area contributed by atoms with E-state index in [4.69, 9.17) is 0 Å². The van der Waals surface area contributed by atoms with Gasteiger partial charge in [0.15, 0.2) is 0 Å². The van der Waals surface area contributed by atoms with Crippen LogP contribution in [0.1, 0.15) is 72.1 Å². The molecule has 3 heteroatoms. The molecule has 0 N–H and O–H groups in total. The number of piperidine rings is 2. The molecule has 3 rings (SSSR count). The molecule has 3 aliphatic rings. The highest BCUT2D eigenvalue weighted by Crippen LogP contribution is 2.46. The van der Waals surface area contributed by atoms with E-state index in [0.717, 1.165) is 30.8 Å². The number of amides is 1. The minimum absolute atomic E-state index is 0.267. The highest BCUT2D eigenvalue weighted by molar-refractivity contribution is 5.73. The fourth-order valence-corrected chi connectivity index (χ4v) is 5.44. The molecule has 2 heterocycles. The van der Waals surface area contributed by atoms with Crippen LogP contribution in [-0.2, 0) is 4.79 Å². The van der Waals surface area contributed by atoms with Gasteiger partial charge in [-0.2, -0.15) is 0 Å². The maximum absolute atomic E-state index is 11.5. The Morgan fingerprint density at radius 3 is 2.04 bits per heavy atom. The largest absolute Gasteiger partial charge is 0.343 e. The zero-order valence-corrected chi connectivity index (χ0v) is 16.2. The standard InChI is InChI=1S/C21H38N2O/c1-17(2)20-6-12-22(13-7-20)16-19-4-8-21(9-5-19)10-14-23(15-11-21)18(3)24/h17,19-20H,4-16H2,1-3H3. The molecule has 1 amide bonds. The fourth-order valence-electron chi connectivity index (χ4n) is 5.44. The van der Waals surface area contributed by atoms with Gasteiger partial charge in [-0.15, -0.1) is 0 Å². The Morgan fingerprint density at radius 2 is 1.54 bits per heavy atom. The normalized spacial score (nSPS) is 27.1. The maximum Gasteiger partial charge on any atom is 0.219 e. The van der Waals surface area contributed by atoms with Gasteiger partial charge in [-0.3, -0.25) is 4.79 Å². The van der Waals surface area contributed by atoms with Crippen molar-refractivity contribution in [1.29, 1.82) is 0 Å². The van der Waals surface area contributed by atoms with Crippen molar-refractivity contribution in [3.05, 3.63) is 0 Å². The van der Waals surface area contributed by atoms with Crippen LogP contribution in [0.4, 0.5) is 0 Å². The summed E-state index contributed by atoms with van der Waals surface area (Å²) in [6.07, 6.45) is 11.0. The van der Waals surface area contributed by atoms with E-state index in [1.807, 2.05) is 0 Å². The summed E-state index contributed by atoms with van der Waals surface area (Å²) in [4.78, 5) is 16.3. The van der Waals surface area contributed by atoms with Gasteiger partial charge in [-0.25, -0.2) is 0 Å². The van der Waals surface area contributed by atoms with Crippen LogP contribution in [0.15, 0.2) is 0 Å². The van der Waals surface area contributed by atoms with E-state index in [2.05, 4.69) is 23.6 Å².